The molecule has 0 unspecified atom stereocenters. The van der Waals surface area contributed by atoms with Gasteiger partial charge in [0, 0.05) is 0 Å². The molecule has 3 aromatic rings. The lowest BCUT2D eigenvalue weighted by Gasteiger charge is -2.05. The molecule has 0 bridgehead atoms. The Morgan fingerprint density at radius 3 is 0.594 bits per heavy atom. The van der Waals surface area contributed by atoms with Crippen LogP contribution in [0, 0.1) is 41.5 Å². The second-order valence-electron chi connectivity index (χ2n) is 8.99. The van der Waals surface area contributed by atoms with E-state index in [0.29, 0.717) is 0 Å². The standard InChI is InChI=1S/C8H12.3C8H10/c4*1-7-3-5-8(2)6-4-7/h3,5H,4,6H2,1-2H3;3*3-6H,1-2H3. The van der Waals surface area contributed by atoms with Crippen molar-refractivity contribution in [3.8, 4) is 0 Å². The maximum absolute atomic E-state index is 2.21. The van der Waals surface area contributed by atoms with Gasteiger partial charge in [-0.15, -0.1) is 0 Å². The summed E-state index contributed by atoms with van der Waals surface area (Å²) in [6.45, 7) is 16.9. The third-order valence-electron chi connectivity index (χ3n) is 5.22. The van der Waals surface area contributed by atoms with Gasteiger partial charge in [-0.2, -0.15) is 0 Å². The molecule has 3 aromatic carbocycles. The second kappa shape index (κ2) is 15.0. The van der Waals surface area contributed by atoms with Gasteiger partial charge < -0.3 is 0 Å². The van der Waals surface area contributed by atoms with Crippen LogP contribution in [0.15, 0.2) is 96.1 Å². The van der Waals surface area contributed by atoms with Crippen LogP contribution in [0.2, 0.25) is 0 Å². The van der Waals surface area contributed by atoms with Crippen LogP contribution in [-0.4, -0.2) is 0 Å². The molecule has 0 spiro atoms. The predicted molar refractivity (Wildman–Crippen MR) is 144 cm³/mol. The minimum absolute atomic E-state index is 1.27. The molecule has 0 atom stereocenters. The molecule has 0 amide bonds. The highest BCUT2D eigenvalue weighted by molar-refractivity contribution is 5.22. The maximum Gasteiger partial charge on any atom is -0.0283 e. The fourth-order valence-electron chi connectivity index (χ4n) is 2.76. The summed E-state index contributed by atoms with van der Waals surface area (Å²) in [6, 6.07) is 25.4. The number of aryl methyl sites for hydroxylation is 6. The summed E-state index contributed by atoms with van der Waals surface area (Å²) in [5, 5.41) is 0. The highest BCUT2D eigenvalue weighted by atomic mass is 14.0. The van der Waals surface area contributed by atoms with Gasteiger partial charge in [0.2, 0.25) is 0 Å². The van der Waals surface area contributed by atoms with Crippen LogP contribution in [0.5, 0.6) is 0 Å². The van der Waals surface area contributed by atoms with Gasteiger partial charge in [0.25, 0.3) is 0 Å². The van der Waals surface area contributed by atoms with Gasteiger partial charge in [-0.1, -0.05) is 129 Å². The molecule has 0 N–H and O–H groups in total. The number of hydrogen-bond donors (Lipinski definition) is 0. The van der Waals surface area contributed by atoms with Crippen molar-refractivity contribution in [2.24, 2.45) is 0 Å². The zero-order valence-electron chi connectivity index (χ0n) is 21.5. The average Bonchev–Trinajstić information content (AvgIpc) is 2.78. The molecule has 32 heavy (non-hydrogen) atoms. The number of allylic oxidation sites excluding steroid dienone is 4. The Kier molecular flexibility index (Phi) is 12.8. The number of hydrogen-bond acceptors (Lipinski definition) is 0. The van der Waals surface area contributed by atoms with Crippen molar-refractivity contribution in [2.45, 2.75) is 68.2 Å². The molecule has 0 aliphatic heterocycles. The minimum atomic E-state index is 1.27. The van der Waals surface area contributed by atoms with Crippen LogP contribution >= 0.6 is 0 Å². The van der Waals surface area contributed by atoms with E-state index in [9.17, 15) is 0 Å². The van der Waals surface area contributed by atoms with Crippen molar-refractivity contribution in [1.29, 1.82) is 0 Å². The Labute approximate surface area is 197 Å². The third-order valence-corrected chi connectivity index (χ3v) is 5.22. The molecular formula is C32H42. The molecular weight excluding hydrogens is 384 g/mol. The highest BCUT2D eigenvalue weighted by Crippen LogP contribution is 2.16. The topological polar surface area (TPSA) is 0 Å². The van der Waals surface area contributed by atoms with E-state index < -0.39 is 0 Å². The van der Waals surface area contributed by atoms with Crippen LogP contribution < -0.4 is 0 Å². The molecule has 0 aromatic heterocycles. The molecule has 0 nitrogen and oxygen atoms in total. The zero-order chi connectivity index (χ0) is 23.9. The van der Waals surface area contributed by atoms with E-state index in [4.69, 9.17) is 0 Å². The largest absolute Gasteiger partial charge is 0.0730 e. The number of benzene rings is 3. The molecule has 1 aliphatic carbocycles. The van der Waals surface area contributed by atoms with Crippen LogP contribution in [0.4, 0.5) is 0 Å². The van der Waals surface area contributed by atoms with E-state index in [1.54, 1.807) is 0 Å². The summed E-state index contributed by atoms with van der Waals surface area (Å²) in [4.78, 5) is 0. The van der Waals surface area contributed by atoms with Crippen molar-refractivity contribution in [3.05, 3.63) is 129 Å². The maximum atomic E-state index is 2.21. The van der Waals surface area contributed by atoms with Crippen molar-refractivity contribution in [2.75, 3.05) is 0 Å². The van der Waals surface area contributed by atoms with Crippen molar-refractivity contribution in [1.82, 2.24) is 0 Å². The van der Waals surface area contributed by atoms with Crippen LogP contribution in [0.25, 0.3) is 0 Å². The van der Waals surface area contributed by atoms with E-state index in [0.717, 1.165) is 0 Å². The van der Waals surface area contributed by atoms with Gasteiger partial charge in [-0.3, -0.25) is 0 Å². The fourth-order valence-corrected chi connectivity index (χ4v) is 2.76. The molecule has 1 aliphatic rings. The SMILES string of the molecule is CC1=CC=C(C)CC1.Cc1ccc(C)cc1.Cc1ccc(C)cc1.Cc1ccc(C)cc1. The monoisotopic (exact) mass is 426 g/mol. The van der Waals surface area contributed by atoms with Crippen LogP contribution in [-0.2, 0) is 0 Å². The number of rotatable bonds is 0. The molecule has 0 heteroatoms. The summed E-state index contributed by atoms with van der Waals surface area (Å²) in [5.74, 6) is 0. The molecule has 0 fully saturated rings. The lowest BCUT2D eigenvalue weighted by Crippen LogP contribution is -1.85. The van der Waals surface area contributed by atoms with Gasteiger partial charge in [0.05, 0.1) is 0 Å². The summed E-state index contributed by atoms with van der Waals surface area (Å²) in [7, 11) is 0. The van der Waals surface area contributed by atoms with E-state index in [-0.39, 0.29) is 0 Å². The lowest BCUT2D eigenvalue weighted by atomic mass is 10.0. The molecule has 0 saturated heterocycles. The molecule has 0 saturated carbocycles. The van der Waals surface area contributed by atoms with Gasteiger partial charge in [0.15, 0.2) is 0 Å². The first-order valence-corrected chi connectivity index (χ1v) is 11.6. The van der Waals surface area contributed by atoms with Gasteiger partial charge >= 0.3 is 0 Å². The Morgan fingerprint density at radius 1 is 0.312 bits per heavy atom. The Morgan fingerprint density at radius 2 is 0.469 bits per heavy atom. The van der Waals surface area contributed by atoms with E-state index >= 15 is 0 Å². The van der Waals surface area contributed by atoms with Gasteiger partial charge in [0.1, 0.15) is 0 Å². The summed E-state index contributed by atoms with van der Waals surface area (Å²) >= 11 is 0. The quantitative estimate of drug-likeness (QED) is 0.335. The minimum Gasteiger partial charge on any atom is -0.0730 e. The van der Waals surface area contributed by atoms with Crippen molar-refractivity contribution < 1.29 is 0 Å². The van der Waals surface area contributed by atoms with Crippen molar-refractivity contribution in [3.63, 3.8) is 0 Å². The second-order valence-corrected chi connectivity index (χ2v) is 8.99. The third kappa shape index (κ3) is 13.4. The first kappa shape index (κ1) is 27.2. The Hall–Kier alpha value is -2.86. The van der Waals surface area contributed by atoms with E-state index in [1.165, 1.54) is 57.4 Å². The molecule has 170 valence electrons. The van der Waals surface area contributed by atoms with E-state index in [1.807, 2.05) is 0 Å². The normalized spacial score (nSPS) is 11.9. The summed E-state index contributed by atoms with van der Waals surface area (Å²) in [6.07, 6.45) is 6.95. The fraction of sp³-hybridized carbons (Fsp3) is 0.312. The van der Waals surface area contributed by atoms with Crippen molar-refractivity contribution >= 4 is 0 Å². The van der Waals surface area contributed by atoms with Crippen LogP contribution in [0.3, 0.4) is 0 Å². The molecule has 0 heterocycles. The van der Waals surface area contributed by atoms with Gasteiger partial charge in [-0.05, 0) is 68.2 Å². The molecule has 0 radical (unpaired) electrons. The van der Waals surface area contributed by atoms with E-state index in [2.05, 4.69) is 140 Å². The summed E-state index contributed by atoms with van der Waals surface area (Å²) < 4.78 is 0. The van der Waals surface area contributed by atoms with Gasteiger partial charge in [-0.25, -0.2) is 0 Å². The zero-order valence-corrected chi connectivity index (χ0v) is 21.5. The Balaban J connectivity index is 0.000000213. The van der Waals surface area contributed by atoms with Crippen LogP contribution in [0.1, 0.15) is 60.1 Å². The first-order valence-electron chi connectivity index (χ1n) is 11.6. The summed E-state index contributed by atoms with van der Waals surface area (Å²) in [5.41, 5.74) is 11.0. The molecule has 4 rings (SSSR count). The smallest absolute Gasteiger partial charge is 0.0283 e. The lowest BCUT2D eigenvalue weighted by molar-refractivity contribution is 0.906. The average molecular weight is 427 g/mol. The first-order chi connectivity index (χ1) is 15.2. The Bertz CT molecular complexity index is 766. The highest BCUT2D eigenvalue weighted by Gasteiger charge is 1.95. The predicted octanol–water partition coefficient (Wildman–Crippen LogP) is 9.58.